The van der Waals surface area contributed by atoms with Crippen LogP contribution in [0, 0.1) is 0 Å². The molecule has 2 aliphatic heterocycles. The normalized spacial score (nSPS) is 18.1. The third kappa shape index (κ3) is 7.26. The average molecular weight is 953 g/mol. The van der Waals surface area contributed by atoms with Crippen LogP contribution in [0.5, 0.6) is 92.0 Å². The van der Waals surface area contributed by atoms with Crippen molar-refractivity contribution >= 4 is 36.1 Å². The van der Waals surface area contributed by atoms with Gasteiger partial charge in [-0.15, -0.1) is 0 Å². The highest BCUT2D eigenvalue weighted by atomic mass is 16.6. The van der Waals surface area contributed by atoms with Crippen LogP contribution in [-0.4, -0.2) is 149 Å². The molecule has 27 nitrogen and oxygen atoms in total. The Hall–Kier alpha value is -9.92. The molecule has 2 heterocycles. The van der Waals surface area contributed by atoms with E-state index < -0.39 is 203 Å². The number of cyclic esters (lactones) is 4. The first-order valence-electron chi connectivity index (χ1n) is 18.5. The number of aromatic carboxylic acids is 1. The van der Waals surface area contributed by atoms with Gasteiger partial charge < -0.3 is 105 Å². The fourth-order valence-electron chi connectivity index (χ4n) is 7.05. The molecule has 0 aromatic heterocycles. The van der Waals surface area contributed by atoms with Crippen molar-refractivity contribution in [2.45, 2.75) is 24.4 Å². The fourth-order valence-corrected chi connectivity index (χ4v) is 7.05. The third-order valence-electron chi connectivity index (χ3n) is 10.3. The van der Waals surface area contributed by atoms with Crippen molar-refractivity contribution in [3.8, 4) is 114 Å². The maximum Gasteiger partial charge on any atom is 0.339 e. The summed E-state index contributed by atoms with van der Waals surface area (Å²) in [4.78, 5) is 80.9. The summed E-state index contributed by atoms with van der Waals surface area (Å²) in [7, 11) is 0. The SMILES string of the molecule is O=CC1OC(=O)c2cc(O)c(O)c(O)c2-c2c(cc(O)c(O)c2O)C(=O)OC1C1OC(=O)c2cc(O)c(O)c(O)c2-c2c(cc(Oc3c(C(=O)O)cc(O)c(O)c3O)c(O)c2O)C(=O)OCC1O. The summed E-state index contributed by atoms with van der Waals surface area (Å²) in [5.74, 6) is -31.7. The smallest absolute Gasteiger partial charge is 0.339 e. The van der Waals surface area contributed by atoms with Gasteiger partial charge in [0.15, 0.2) is 82.1 Å². The van der Waals surface area contributed by atoms with E-state index in [9.17, 15) is 110 Å². The molecule has 4 unspecified atom stereocenters. The highest BCUT2D eigenvalue weighted by molar-refractivity contribution is 6.10. The van der Waals surface area contributed by atoms with E-state index in [1.165, 1.54) is 0 Å². The average Bonchev–Trinajstić information content (AvgIpc) is 3.30. The highest BCUT2D eigenvalue weighted by Crippen LogP contribution is 2.56. The van der Waals surface area contributed by atoms with Gasteiger partial charge in [0.1, 0.15) is 18.3 Å². The number of rotatable bonds is 5. The van der Waals surface area contributed by atoms with Crippen molar-refractivity contribution in [3.05, 3.63) is 58.1 Å². The van der Waals surface area contributed by atoms with E-state index in [2.05, 4.69) is 0 Å². The van der Waals surface area contributed by atoms with Crippen LogP contribution in [0.2, 0.25) is 0 Å². The van der Waals surface area contributed by atoms with Crippen LogP contribution >= 0.6 is 0 Å². The number of carboxylic acid groups (broad SMARTS) is 1. The Morgan fingerprint density at radius 2 is 0.882 bits per heavy atom. The van der Waals surface area contributed by atoms with Gasteiger partial charge in [-0.3, -0.25) is 4.79 Å². The maximum absolute atomic E-state index is 14.3. The number of hydrogen-bond donors (Lipinski definition) is 16. The first kappa shape index (κ1) is 46.1. The number of ether oxygens (including phenoxy) is 5. The summed E-state index contributed by atoms with van der Waals surface area (Å²) in [6.45, 7) is -1.48. The Morgan fingerprint density at radius 1 is 0.500 bits per heavy atom. The zero-order chi connectivity index (χ0) is 50.1. The summed E-state index contributed by atoms with van der Waals surface area (Å²) in [5, 5.41) is 170. The van der Waals surface area contributed by atoms with Crippen LogP contribution in [0.4, 0.5) is 0 Å². The number of carboxylic acids is 1. The van der Waals surface area contributed by atoms with Gasteiger partial charge in [0, 0.05) is 34.4 Å². The van der Waals surface area contributed by atoms with Crippen molar-refractivity contribution in [2.75, 3.05) is 6.61 Å². The Balaban J connectivity index is 1.42. The number of aliphatic hydroxyl groups is 1. The van der Waals surface area contributed by atoms with Gasteiger partial charge in [-0.2, -0.15) is 0 Å². The van der Waals surface area contributed by atoms with Gasteiger partial charge >= 0.3 is 29.8 Å². The summed E-state index contributed by atoms with van der Waals surface area (Å²) in [6.07, 6.45) is -10.9. The zero-order valence-electron chi connectivity index (χ0n) is 33.1. The minimum absolute atomic E-state index is 0.301. The van der Waals surface area contributed by atoms with Gasteiger partial charge in [0.2, 0.25) is 34.5 Å². The molecular formula is C41H28O27. The number of benzene rings is 5. The first-order chi connectivity index (χ1) is 31.9. The molecule has 0 bridgehead atoms. The molecule has 0 aliphatic carbocycles. The predicted molar refractivity (Wildman–Crippen MR) is 211 cm³/mol. The molecule has 0 saturated heterocycles. The van der Waals surface area contributed by atoms with Gasteiger partial charge in [-0.25, -0.2) is 24.0 Å². The molecule has 16 N–H and O–H groups in total. The molecular weight excluding hydrogens is 924 g/mol. The van der Waals surface area contributed by atoms with Crippen LogP contribution in [-0.2, 0) is 23.7 Å². The number of phenolic OH excluding ortho intramolecular Hbond substituents is 14. The molecule has 7 rings (SSSR count). The zero-order valence-corrected chi connectivity index (χ0v) is 33.1. The molecule has 5 aromatic rings. The lowest BCUT2D eigenvalue weighted by atomic mass is 9.91. The van der Waals surface area contributed by atoms with Crippen molar-refractivity contribution in [2.24, 2.45) is 0 Å². The van der Waals surface area contributed by atoms with E-state index in [0.29, 0.717) is 30.3 Å². The number of carbonyl (C=O) groups is 6. The lowest BCUT2D eigenvalue weighted by molar-refractivity contribution is -0.142. The quantitative estimate of drug-likeness (QED) is 0.0512. The largest absolute Gasteiger partial charge is 0.504 e. The molecule has 2 aliphatic rings. The van der Waals surface area contributed by atoms with Crippen LogP contribution in [0.1, 0.15) is 51.8 Å². The lowest BCUT2D eigenvalue weighted by Crippen LogP contribution is -2.53. The second-order valence-electron chi connectivity index (χ2n) is 14.3. The van der Waals surface area contributed by atoms with Crippen LogP contribution in [0.3, 0.4) is 0 Å². The Labute approximate surface area is 373 Å². The molecule has 0 radical (unpaired) electrons. The topological polar surface area (TPSA) is 472 Å². The van der Waals surface area contributed by atoms with Gasteiger partial charge in [-0.1, -0.05) is 0 Å². The van der Waals surface area contributed by atoms with E-state index in [1.54, 1.807) is 0 Å². The minimum Gasteiger partial charge on any atom is -0.504 e. The van der Waals surface area contributed by atoms with E-state index in [1.807, 2.05) is 0 Å². The minimum atomic E-state index is -2.70. The Bertz CT molecular complexity index is 3080. The lowest BCUT2D eigenvalue weighted by Gasteiger charge is -2.33. The van der Waals surface area contributed by atoms with E-state index in [4.69, 9.17) is 23.7 Å². The number of hydrogen-bond acceptors (Lipinski definition) is 26. The molecule has 0 spiro atoms. The number of aromatic hydroxyl groups is 14. The van der Waals surface area contributed by atoms with E-state index in [-0.39, 0.29) is 6.29 Å². The summed E-state index contributed by atoms with van der Waals surface area (Å²) >= 11 is 0. The van der Waals surface area contributed by atoms with Gasteiger partial charge in [0.05, 0.1) is 22.3 Å². The molecule has 68 heavy (non-hydrogen) atoms. The van der Waals surface area contributed by atoms with Gasteiger partial charge in [0.25, 0.3) is 0 Å². The number of aliphatic hydroxyl groups excluding tert-OH is 1. The fraction of sp³-hybridized carbons (Fsp3) is 0.122. The summed E-state index contributed by atoms with van der Waals surface area (Å²) in [5.41, 5.74) is -10.4. The number of phenols is 14. The van der Waals surface area contributed by atoms with Crippen LogP contribution in [0.25, 0.3) is 22.3 Å². The summed E-state index contributed by atoms with van der Waals surface area (Å²) in [6, 6.07) is 1.82. The Morgan fingerprint density at radius 3 is 1.32 bits per heavy atom. The summed E-state index contributed by atoms with van der Waals surface area (Å²) < 4.78 is 26.4. The molecule has 5 aromatic carbocycles. The number of esters is 4. The second-order valence-corrected chi connectivity index (χ2v) is 14.3. The molecule has 0 saturated carbocycles. The van der Waals surface area contributed by atoms with Crippen molar-refractivity contribution in [1.29, 1.82) is 0 Å². The van der Waals surface area contributed by atoms with Crippen molar-refractivity contribution in [3.63, 3.8) is 0 Å². The predicted octanol–water partition coefficient (Wildman–Crippen LogP) is 1.41. The van der Waals surface area contributed by atoms with Crippen molar-refractivity contribution < 1.29 is 134 Å². The second kappa shape index (κ2) is 16.6. The molecule has 354 valence electrons. The molecule has 0 amide bonds. The Kier molecular flexibility index (Phi) is 11.2. The third-order valence-corrected chi connectivity index (χ3v) is 10.3. The van der Waals surface area contributed by atoms with E-state index >= 15 is 0 Å². The standard InChI is InChI=1S/C41H28O27/c42-6-19-36(68-41(63)10-3-15(45)25(49)30(54)21(10)20-8(39(61)66-19)1-13(43)24(48)29(20)53)35-17(47)7-64-38(60)11-5-18(65-34-12(37(58)59)4-16(46)27(51)33(34)57)28(52)32(56)23(11)22-9(40(62)67-35)2-14(44)26(50)31(22)55/h1-6,17,19,35-36,43-57H,7H2,(H,58,59). The molecule has 27 heteroatoms. The monoisotopic (exact) mass is 952 g/mol. The maximum atomic E-state index is 14.3. The molecule has 0 fully saturated rings. The van der Waals surface area contributed by atoms with Gasteiger partial charge in [-0.05, 0) is 18.2 Å². The van der Waals surface area contributed by atoms with Crippen LogP contribution in [0.15, 0.2) is 30.3 Å². The highest BCUT2D eigenvalue weighted by Gasteiger charge is 2.47. The molecule has 4 atom stereocenters. The first-order valence-corrected chi connectivity index (χ1v) is 18.5. The van der Waals surface area contributed by atoms with Crippen LogP contribution < -0.4 is 4.74 Å². The van der Waals surface area contributed by atoms with E-state index in [0.717, 1.165) is 0 Å². The number of carbonyl (C=O) groups excluding carboxylic acids is 5. The number of fused-ring (bicyclic) bond motifs is 6. The number of aldehydes is 1. The van der Waals surface area contributed by atoms with Crippen molar-refractivity contribution in [1.82, 2.24) is 0 Å².